The Hall–Kier alpha value is -2.64. The molecule has 6 heteroatoms. The lowest BCUT2D eigenvalue weighted by Crippen LogP contribution is -2.01. The summed E-state index contributed by atoms with van der Waals surface area (Å²) in [7, 11) is 0. The van der Waals surface area contributed by atoms with Gasteiger partial charge in [0.25, 0.3) is 0 Å². The number of nitrogens with zero attached hydrogens (tertiary/aromatic N) is 2. The third kappa shape index (κ3) is 5.40. The van der Waals surface area contributed by atoms with Gasteiger partial charge < -0.3 is 9.57 Å². The standard InChI is InChI=1S/C26H18I2N2O2/c27-24-12-18(15-30-32-17-21-8-2-1-7-20(21)14-29)13-25(28)26(24)31-16-22-10-5-9-19-6-3-4-11-23(19)22/h1-13,15H,16-17H2/b30-15-. The molecule has 4 aromatic carbocycles. The van der Waals surface area contributed by atoms with Gasteiger partial charge in [-0.3, -0.25) is 0 Å². The Morgan fingerprint density at radius 1 is 0.844 bits per heavy atom. The summed E-state index contributed by atoms with van der Waals surface area (Å²) in [6.45, 7) is 0.753. The Kier molecular flexibility index (Phi) is 7.60. The molecule has 4 aromatic rings. The second kappa shape index (κ2) is 10.8. The van der Waals surface area contributed by atoms with Crippen molar-refractivity contribution in [1.29, 1.82) is 5.26 Å². The number of benzene rings is 4. The number of ether oxygens (including phenoxy) is 1. The second-order valence-electron chi connectivity index (χ2n) is 7.02. The zero-order chi connectivity index (χ0) is 22.3. The molecular weight excluding hydrogens is 626 g/mol. The van der Waals surface area contributed by atoms with Crippen molar-refractivity contribution in [3.63, 3.8) is 0 Å². The van der Waals surface area contributed by atoms with Crippen LogP contribution in [0.15, 0.2) is 84.0 Å². The third-order valence-corrected chi connectivity index (χ3v) is 6.51. The zero-order valence-electron chi connectivity index (χ0n) is 17.0. The summed E-state index contributed by atoms with van der Waals surface area (Å²) in [6.07, 6.45) is 1.67. The van der Waals surface area contributed by atoms with Crippen LogP contribution in [0, 0.1) is 18.5 Å². The van der Waals surface area contributed by atoms with E-state index in [-0.39, 0.29) is 6.61 Å². The number of fused-ring (bicyclic) bond motifs is 1. The Balaban J connectivity index is 1.43. The van der Waals surface area contributed by atoms with E-state index in [1.54, 1.807) is 12.3 Å². The molecule has 32 heavy (non-hydrogen) atoms. The molecular formula is C26H18I2N2O2. The lowest BCUT2D eigenvalue weighted by atomic mass is 10.1. The first-order chi connectivity index (χ1) is 15.7. The molecule has 4 nitrogen and oxygen atoms in total. The number of rotatable bonds is 7. The summed E-state index contributed by atoms with van der Waals surface area (Å²) in [5, 5.41) is 15.6. The van der Waals surface area contributed by atoms with Gasteiger partial charge >= 0.3 is 0 Å². The van der Waals surface area contributed by atoms with Crippen molar-refractivity contribution in [2.24, 2.45) is 5.16 Å². The summed E-state index contributed by atoms with van der Waals surface area (Å²) in [6, 6.07) is 28.1. The summed E-state index contributed by atoms with van der Waals surface area (Å²) < 4.78 is 8.22. The predicted octanol–water partition coefficient (Wildman–Crippen LogP) is 7.05. The maximum absolute atomic E-state index is 9.15. The van der Waals surface area contributed by atoms with Gasteiger partial charge in [-0.15, -0.1) is 0 Å². The van der Waals surface area contributed by atoms with Gasteiger partial charge in [0.15, 0.2) is 0 Å². The van der Waals surface area contributed by atoms with Crippen LogP contribution in [-0.2, 0) is 18.1 Å². The van der Waals surface area contributed by atoms with E-state index in [2.05, 4.69) is 92.8 Å². The van der Waals surface area contributed by atoms with E-state index in [1.165, 1.54) is 10.8 Å². The summed E-state index contributed by atoms with van der Waals surface area (Å²) >= 11 is 4.57. The summed E-state index contributed by atoms with van der Waals surface area (Å²) in [5.74, 6) is 0.861. The van der Waals surface area contributed by atoms with E-state index in [0.717, 1.165) is 29.6 Å². The largest absolute Gasteiger partial charge is 0.487 e. The van der Waals surface area contributed by atoms with E-state index in [9.17, 15) is 0 Å². The van der Waals surface area contributed by atoms with Crippen LogP contribution in [0.3, 0.4) is 0 Å². The SMILES string of the molecule is N#Cc1ccccc1CO/N=C\c1cc(I)c(OCc2cccc3ccccc23)c(I)c1. The highest BCUT2D eigenvalue weighted by molar-refractivity contribution is 14.1. The first-order valence-electron chi connectivity index (χ1n) is 9.87. The van der Waals surface area contributed by atoms with Crippen molar-refractivity contribution >= 4 is 62.2 Å². The first kappa shape index (κ1) is 22.6. The van der Waals surface area contributed by atoms with Crippen LogP contribution in [0.5, 0.6) is 5.75 Å². The lowest BCUT2D eigenvalue weighted by molar-refractivity contribution is 0.132. The van der Waals surface area contributed by atoms with Gasteiger partial charge in [-0.25, -0.2) is 0 Å². The highest BCUT2D eigenvalue weighted by Crippen LogP contribution is 2.30. The molecule has 0 saturated carbocycles. The normalized spacial score (nSPS) is 10.9. The van der Waals surface area contributed by atoms with Crippen LogP contribution in [0.1, 0.15) is 22.3 Å². The van der Waals surface area contributed by atoms with Crippen LogP contribution >= 0.6 is 45.2 Å². The highest BCUT2D eigenvalue weighted by atomic mass is 127. The summed E-state index contributed by atoms with van der Waals surface area (Å²) in [5.41, 5.74) is 3.49. The van der Waals surface area contributed by atoms with Crippen molar-refractivity contribution in [2.45, 2.75) is 13.2 Å². The highest BCUT2D eigenvalue weighted by Gasteiger charge is 2.10. The number of nitriles is 1. The molecule has 0 aromatic heterocycles. The number of oxime groups is 1. The van der Waals surface area contributed by atoms with Gasteiger partial charge in [-0.1, -0.05) is 65.8 Å². The minimum Gasteiger partial charge on any atom is -0.487 e. The molecule has 0 aliphatic carbocycles. The molecule has 0 atom stereocenters. The van der Waals surface area contributed by atoms with E-state index in [0.29, 0.717) is 12.2 Å². The molecule has 0 bridgehead atoms. The van der Waals surface area contributed by atoms with Gasteiger partial charge in [0, 0.05) is 5.56 Å². The average Bonchev–Trinajstić information content (AvgIpc) is 2.81. The topological polar surface area (TPSA) is 54.6 Å². The summed E-state index contributed by atoms with van der Waals surface area (Å²) in [4.78, 5) is 5.40. The molecule has 0 amide bonds. The van der Waals surface area contributed by atoms with E-state index >= 15 is 0 Å². The minimum absolute atomic E-state index is 0.251. The van der Waals surface area contributed by atoms with Crippen LogP contribution in [0.2, 0.25) is 0 Å². The first-order valence-corrected chi connectivity index (χ1v) is 12.0. The van der Waals surface area contributed by atoms with E-state index in [4.69, 9.17) is 14.8 Å². The lowest BCUT2D eigenvalue weighted by Gasteiger charge is -2.13. The molecule has 4 rings (SSSR count). The molecule has 0 unspecified atom stereocenters. The fourth-order valence-corrected chi connectivity index (χ4v) is 5.45. The van der Waals surface area contributed by atoms with Gasteiger partial charge in [-0.2, -0.15) is 5.26 Å². The van der Waals surface area contributed by atoms with Crippen molar-refractivity contribution in [2.75, 3.05) is 0 Å². The molecule has 0 heterocycles. The minimum atomic E-state index is 0.251. The van der Waals surface area contributed by atoms with Crippen LogP contribution < -0.4 is 4.74 Å². The van der Waals surface area contributed by atoms with Crippen LogP contribution in [0.4, 0.5) is 0 Å². The molecule has 0 radical (unpaired) electrons. The molecule has 0 spiro atoms. The average molecular weight is 644 g/mol. The van der Waals surface area contributed by atoms with Crippen molar-refractivity contribution in [1.82, 2.24) is 0 Å². The fourth-order valence-electron chi connectivity index (χ4n) is 3.32. The molecule has 0 fully saturated rings. The molecule has 0 aliphatic rings. The molecule has 0 aliphatic heterocycles. The quantitative estimate of drug-likeness (QED) is 0.123. The van der Waals surface area contributed by atoms with E-state index < -0.39 is 0 Å². The fraction of sp³-hybridized carbons (Fsp3) is 0.0769. The number of hydrogen-bond donors (Lipinski definition) is 0. The van der Waals surface area contributed by atoms with Gasteiger partial charge in [0.1, 0.15) is 19.0 Å². The van der Waals surface area contributed by atoms with Gasteiger partial charge in [0.05, 0.1) is 25.0 Å². The number of hydrogen-bond acceptors (Lipinski definition) is 4. The Bertz CT molecular complexity index is 1300. The number of halogens is 2. The zero-order valence-corrected chi connectivity index (χ0v) is 21.3. The monoisotopic (exact) mass is 644 g/mol. The predicted molar refractivity (Wildman–Crippen MR) is 144 cm³/mol. The van der Waals surface area contributed by atoms with Crippen molar-refractivity contribution in [3.8, 4) is 11.8 Å². The maximum Gasteiger partial charge on any atom is 0.146 e. The third-order valence-electron chi connectivity index (χ3n) is 4.91. The Morgan fingerprint density at radius 3 is 2.34 bits per heavy atom. The van der Waals surface area contributed by atoms with Gasteiger partial charge in [0.2, 0.25) is 0 Å². The maximum atomic E-state index is 9.15. The molecule has 0 N–H and O–H groups in total. The molecule has 158 valence electrons. The van der Waals surface area contributed by atoms with E-state index in [1.807, 2.05) is 36.4 Å². The van der Waals surface area contributed by atoms with Crippen LogP contribution in [0.25, 0.3) is 10.8 Å². The molecule has 0 saturated heterocycles. The van der Waals surface area contributed by atoms with Crippen molar-refractivity contribution < 1.29 is 9.57 Å². The smallest absolute Gasteiger partial charge is 0.146 e. The Labute approximate surface area is 214 Å². The van der Waals surface area contributed by atoms with Gasteiger partial charge in [-0.05, 0) is 85.3 Å². The Morgan fingerprint density at radius 2 is 1.53 bits per heavy atom. The van der Waals surface area contributed by atoms with Crippen molar-refractivity contribution in [3.05, 3.63) is 108 Å². The van der Waals surface area contributed by atoms with Crippen LogP contribution in [-0.4, -0.2) is 6.21 Å². The second-order valence-corrected chi connectivity index (χ2v) is 9.34.